The number of hydrogen-bond donors (Lipinski definition) is 0. The van der Waals surface area contributed by atoms with Crippen molar-refractivity contribution < 1.29 is 4.74 Å². The van der Waals surface area contributed by atoms with Crippen molar-refractivity contribution in [3.05, 3.63) is 37.0 Å². The molecule has 1 rings (SSSR count). The lowest BCUT2D eigenvalue weighted by molar-refractivity contribution is 0.358. The van der Waals surface area contributed by atoms with Crippen molar-refractivity contribution in [3.8, 4) is 0 Å². The van der Waals surface area contributed by atoms with Crippen molar-refractivity contribution in [3.63, 3.8) is 0 Å². The molecule has 1 nitrogen and oxygen atoms in total. The first kappa shape index (κ1) is 18.2. The molecule has 1 saturated heterocycles. The summed E-state index contributed by atoms with van der Waals surface area (Å²) in [4.78, 5) is 0. The summed E-state index contributed by atoms with van der Waals surface area (Å²) in [6, 6.07) is 0. The second-order valence-corrected chi connectivity index (χ2v) is 6.08. The molecule has 0 spiro atoms. The summed E-state index contributed by atoms with van der Waals surface area (Å²) in [5.74, 6) is 0. The zero-order valence-corrected chi connectivity index (χ0v) is 13.9. The van der Waals surface area contributed by atoms with E-state index in [4.69, 9.17) is 4.74 Å². The van der Waals surface area contributed by atoms with Gasteiger partial charge in [0.15, 0.2) is 0 Å². The lowest BCUT2D eigenvalue weighted by atomic mass is 10.1. The quantitative estimate of drug-likeness (QED) is 0.157. The molecule has 0 N–H and O–H groups in total. The molecule has 1 heteroatoms. The van der Waals surface area contributed by atoms with Gasteiger partial charge in [0, 0.05) is 0 Å². The third kappa shape index (κ3) is 10.5. The predicted molar refractivity (Wildman–Crippen MR) is 93.6 cm³/mol. The van der Waals surface area contributed by atoms with E-state index in [1.54, 1.807) is 0 Å². The van der Waals surface area contributed by atoms with Crippen LogP contribution >= 0.6 is 0 Å². The molecular formula is C20H34O. The average molecular weight is 290 g/mol. The molecule has 0 aromatic heterocycles. The van der Waals surface area contributed by atoms with Crippen molar-refractivity contribution in [2.24, 2.45) is 0 Å². The van der Waals surface area contributed by atoms with Gasteiger partial charge in [-0.2, -0.15) is 0 Å². The van der Waals surface area contributed by atoms with E-state index in [9.17, 15) is 0 Å². The molecule has 1 fully saturated rings. The minimum atomic E-state index is 0.509. The molecule has 1 aliphatic heterocycles. The van der Waals surface area contributed by atoms with Crippen molar-refractivity contribution >= 4 is 0 Å². The van der Waals surface area contributed by atoms with Crippen molar-refractivity contribution in [1.82, 2.24) is 0 Å². The summed E-state index contributed by atoms with van der Waals surface area (Å²) in [7, 11) is 0. The number of allylic oxidation sites excluding steroid dienone is 4. The topological polar surface area (TPSA) is 12.5 Å². The first-order valence-corrected chi connectivity index (χ1v) is 8.96. The van der Waals surface area contributed by atoms with Crippen LogP contribution in [0.2, 0.25) is 0 Å². The first-order chi connectivity index (χ1) is 10.4. The summed E-state index contributed by atoms with van der Waals surface area (Å²) in [5, 5.41) is 0. The molecule has 0 radical (unpaired) electrons. The number of epoxide rings is 1. The van der Waals surface area contributed by atoms with Gasteiger partial charge in [0.25, 0.3) is 0 Å². The Bertz CT molecular complexity index is 303. The van der Waals surface area contributed by atoms with Crippen LogP contribution in [0, 0.1) is 0 Å². The molecular weight excluding hydrogens is 256 g/mol. The molecule has 0 bridgehead atoms. The number of hydrogen-bond acceptors (Lipinski definition) is 1. The van der Waals surface area contributed by atoms with Gasteiger partial charge in [-0.25, -0.2) is 0 Å². The van der Waals surface area contributed by atoms with Gasteiger partial charge in [0.05, 0.1) is 12.2 Å². The molecule has 0 amide bonds. The number of rotatable bonds is 14. The second kappa shape index (κ2) is 12.9. The van der Waals surface area contributed by atoms with Gasteiger partial charge in [-0.05, 0) is 19.3 Å². The Morgan fingerprint density at radius 2 is 1.57 bits per heavy atom. The van der Waals surface area contributed by atoms with Crippen LogP contribution < -0.4 is 0 Å². The predicted octanol–water partition coefficient (Wildman–Crippen LogP) is 6.36. The van der Waals surface area contributed by atoms with E-state index in [1.807, 2.05) is 12.2 Å². The van der Waals surface area contributed by atoms with E-state index in [-0.39, 0.29) is 0 Å². The Morgan fingerprint density at radius 1 is 0.857 bits per heavy atom. The number of unbranched alkanes of at least 4 members (excludes halogenated alkanes) is 7. The van der Waals surface area contributed by atoms with Crippen molar-refractivity contribution in [2.75, 3.05) is 0 Å². The lowest BCUT2D eigenvalue weighted by Gasteiger charge is -2.00. The lowest BCUT2D eigenvalue weighted by Crippen LogP contribution is -1.93. The fourth-order valence-electron chi connectivity index (χ4n) is 2.70. The molecule has 1 aliphatic rings. The Morgan fingerprint density at radius 3 is 2.29 bits per heavy atom. The van der Waals surface area contributed by atoms with Crippen LogP contribution in [0.3, 0.4) is 0 Å². The highest BCUT2D eigenvalue weighted by Crippen LogP contribution is 2.30. The Labute approximate surface area is 132 Å². The summed E-state index contributed by atoms with van der Waals surface area (Å²) >= 11 is 0. The third-order valence-electron chi connectivity index (χ3n) is 4.11. The van der Waals surface area contributed by atoms with E-state index in [0.29, 0.717) is 12.2 Å². The minimum Gasteiger partial charge on any atom is -0.369 e. The van der Waals surface area contributed by atoms with Crippen LogP contribution in [-0.2, 0) is 4.74 Å². The molecule has 0 aliphatic carbocycles. The van der Waals surface area contributed by atoms with Gasteiger partial charge >= 0.3 is 0 Å². The molecule has 120 valence electrons. The summed E-state index contributed by atoms with van der Waals surface area (Å²) in [6.07, 6.45) is 26.0. The zero-order valence-electron chi connectivity index (χ0n) is 13.9. The standard InChI is InChI=1S/C20H34O/c1-3-5-7-9-11-12-14-16-18-20-19(21-20)17-15-13-10-8-6-4-2/h4,6,8,13,15,19-20H,2-3,5,7,9-12,14,16-18H2,1H3/b8-6-,15-13-/t19-,20?/m0/s1. The Balaban J connectivity index is 1.84. The van der Waals surface area contributed by atoms with Crippen LogP contribution in [0.1, 0.15) is 77.6 Å². The van der Waals surface area contributed by atoms with Gasteiger partial charge in [0.1, 0.15) is 0 Å². The molecule has 0 aromatic rings. The monoisotopic (exact) mass is 290 g/mol. The van der Waals surface area contributed by atoms with Gasteiger partial charge in [-0.15, -0.1) is 0 Å². The smallest absolute Gasteiger partial charge is 0.0876 e. The average Bonchev–Trinajstić information content (AvgIpc) is 3.24. The molecule has 0 saturated carbocycles. The molecule has 0 aromatic carbocycles. The van der Waals surface area contributed by atoms with Crippen molar-refractivity contribution in [1.29, 1.82) is 0 Å². The maximum Gasteiger partial charge on any atom is 0.0876 e. The third-order valence-corrected chi connectivity index (χ3v) is 4.11. The van der Waals surface area contributed by atoms with Crippen LogP contribution in [0.5, 0.6) is 0 Å². The van der Waals surface area contributed by atoms with Crippen LogP contribution in [-0.4, -0.2) is 12.2 Å². The van der Waals surface area contributed by atoms with E-state index < -0.39 is 0 Å². The van der Waals surface area contributed by atoms with Gasteiger partial charge < -0.3 is 4.74 Å². The molecule has 1 heterocycles. The Kier molecular flexibility index (Phi) is 11.2. The SMILES string of the molecule is C=C/C=C\C/C=C\C[C@@H]1OC1CCCCCCCCCC. The van der Waals surface area contributed by atoms with Crippen LogP contribution in [0.15, 0.2) is 37.0 Å². The Hall–Kier alpha value is -0.820. The van der Waals surface area contributed by atoms with Gasteiger partial charge in [-0.3, -0.25) is 0 Å². The second-order valence-electron chi connectivity index (χ2n) is 6.08. The molecule has 2 atom stereocenters. The largest absolute Gasteiger partial charge is 0.369 e. The summed E-state index contributed by atoms with van der Waals surface area (Å²) in [5.41, 5.74) is 0. The maximum absolute atomic E-state index is 5.72. The van der Waals surface area contributed by atoms with E-state index >= 15 is 0 Å². The number of ether oxygens (including phenoxy) is 1. The van der Waals surface area contributed by atoms with E-state index in [2.05, 4.69) is 31.7 Å². The summed E-state index contributed by atoms with van der Waals surface area (Å²) < 4.78 is 5.72. The fourth-order valence-corrected chi connectivity index (χ4v) is 2.70. The van der Waals surface area contributed by atoms with E-state index in [1.165, 1.54) is 57.8 Å². The van der Waals surface area contributed by atoms with Crippen molar-refractivity contribution in [2.45, 2.75) is 89.8 Å². The summed E-state index contributed by atoms with van der Waals surface area (Å²) in [6.45, 7) is 5.93. The highest BCUT2D eigenvalue weighted by atomic mass is 16.6. The maximum atomic E-state index is 5.72. The van der Waals surface area contributed by atoms with Gasteiger partial charge in [0.2, 0.25) is 0 Å². The van der Waals surface area contributed by atoms with Crippen LogP contribution in [0.4, 0.5) is 0 Å². The highest BCUT2D eigenvalue weighted by Gasteiger charge is 2.36. The first-order valence-electron chi connectivity index (χ1n) is 8.96. The zero-order chi connectivity index (χ0) is 15.2. The highest BCUT2D eigenvalue weighted by molar-refractivity contribution is 5.02. The minimum absolute atomic E-state index is 0.509. The van der Waals surface area contributed by atoms with Crippen LogP contribution in [0.25, 0.3) is 0 Å². The molecule has 21 heavy (non-hydrogen) atoms. The fraction of sp³-hybridized carbons (Fsp3) is 0.700. The molecule has 1 unspecified atom stereocenters. The normalized spacial score (nSPS) is 21.4. The van der Waals surface area contributed by atoms with E-state index in [0.717, 1.165) is 12.8 Å². The van der Waals surface area contributed by atoms with Gasteiger partial charge in [-0.1, -0.05) is 95.2 Å².